The van der Waals surface area contributed by atoms with Crippen LogP contribution in [0.25, 0.3) is 11.3 Å². The lowest BCUT2D eigenvalue weighted by Crippen LogP contribution is -2.53. The number of hydrogen-bond acceptors (Lipinski definition) is 3. The average Bonchev–Trinajstić information content (AvgIpc) is 3.29. The Bertz CT molecular complexity index is 1030. The third-order valence-electron chi connectivity index (χ3n) is 6.59. The molecule has 1 unspecified atom stereocenters. The smallest absolute Gasteiger partial charge is 0.271 e. The number of H-pyrrole nitrogens is 1. The highest BCUT2D eigenvalue weighted by atomic mass is 16.2. The molecule has 30 heavy (non-hydrogen) atoms. The first-order valence-corrected chi connectivity index (χ1v) is 10.9. The summed E-state index contributed by atoms with van der Waals surface area (Å²) in [5.74, 6) is 0.0505. The van der Waals surface area contributed by atoms with E-state index >= 15 is 0 Å². The number of carbonyl (C=O) groups excluding carboxylic acids is 1. The van der Waals surface area contributed by atoms with Gasteiger partial charge in [0.1, 0.15) is 5.69 Å². The number of rotatable bonds is 3. The third-order valence-corrected chi connectivity index (χ3v) is 6.59. The first-order valence-electron chi connectivity index (χ1n) is 10.9. The molecule has 2 heterocycles. The number of piperazine rings is 1. The molecule has 1 aromatic heterocycles. The van der Waals surface area contributed by atoms with E-state index in [4.69, 9.17) is 0 Å². The monoisotopic (exact) mass is 400 g/mol. The Hall–Kier alpha value is -2.92. The minimum Gasteiger partial charge on any atom is -0.335 e. The van der Waals surface area contributed by atoms with E-state index in [9.17, 15) is 4.79 Å². The van der Waals surface area contributed by atoms with Crippen LogP contribution in [0.2, 0.25) is 0 Å². The van der Waals surface area contributed by atoms with E-state index in [-0.39, 0.29) is 5.91 Å². The molecule has 0 saturated carbocycles. The van der Waals surface area contributed by atoms with Crippen molar-refractivity contribution in [3.8, 4) is 11.3 Å². The molecule has 1 atom stereocenters. The van der Waals surface area contributed by atoms with Crippen LogP contribution >= 0.6 is 0 Å². The molecular weight excluding hydrogens is 372 g/mol. The molecule has 0 radical (unpaired) electrons. The molecule has 2 aliphatic rings. The van der Waals surface area contributed by atoms with Gasteiger partial charge in [-0.2, -0.15) is 5.10 Å². The highest BCUT2D eigenvalue weighted by Gasteiger charge is 2.29. The third kappa shape index (κ3) is 3.77. The fraction of sp³-hybridized carbons (Fsp3) is 0.360. The molecule has 5 rings (SSSR count). The summed E-state index contributed by atoms with van der Waals surface area (Å²) in [4.78, 5) is 17.5. The molecule has 5 nitrogen and oxygen atoms in total. The number of benzene rings is 2. The molecule has 0 bridgehead atoms. The molecule has 154 valence electrons. The molecule has 1 aliphatic carbocycles. The van der Waals surface area contributed by atoms with Crippen LogP contribution in [0, 0.1) is 6.92 Å². The SMILES string of the molecule is Cc1ccc(-c2cc(C(=O)N3CCN(C4CCc5ccccc5C4)CC3)[nH]n2)cc1. The van der Waals surface area contributed by atoms with E-state index in [1.807, 2.05) is 23.1 Å². The van der Waals surface area contributed by atoms with E-state index in [1.54, 1.807) is 0 Å². The number of nitrogens with zero attached hydrogens (tertiary/aromatic N) is 3. The topological polar surface area (TPSA) is 52.2 Å². The van der Waals surface area contributed by atoms with Crippen molar-refractivity contribution in [1.29, 1.82) is 0 Å². The summed E-state index contributed by atoms with van der Waals surface area (Å²) >= 11 is 0. The summed E-state index contributed by atoms with van der Waals surface area (Å²) in [6.07, 6.45) is 3.51. The lowest BCUT2D eigenvalue weighted by Gasteiger charge is -2.41. The van der Waals surface area contributed by atoms with Gasteiger partial charge in [-0.3, -0.25) is 14.8 Å². The van der Waals surface area contributed by atoms with Gasteiger partial charge in [-0.15, -0.1) is 0 Å². The van der Waals surface area contributed by atoms with Crippen molar-refractivity contribution in [2.75, 3.05) is 26.2 Å². The highest BCUT2D eigenvalue weighted by molar-refractivity contribution is 5.93. The fourth-order valence-corrected chi connectivity index (χ4v) is 4.75. The second kappa shape index (κ2) is 8.07. The lowest BCUT2D eigenvalue weighted by atomic mass is 9.87. The zero-order valence-corrected chi connectivity index (χ0v) is 17.5. The van der Waals surface area contributed by atoms with Gasteiger partial charge >= 0.3 is 0 Å². The van der Waals surface area contributed by atoms with Gasteiger partial charge in [0, 0.05) is 37.8 Å². The Labute approximate surface area is 177 Å². The Morgan fingerprint density at radius 2 is 1.73 bits per heavy atom. The van der Waals surface area contributed by atoms with E-state index < -0.39 is 0 Å². The van der Waals surface area contributed by atoms with E-state index in [0.29, 0.717) is 11.7 Å². The zero-order chi connectivity index (χ0) is 20.5. The van der Waals surface area contributed by atoms with Gasteiger partial charge < -0.3 is 4.90 Å². The Morgan fingerprint density at radius 1 is 1.00 bits per heavy atom. The van der Waals surface area contributed by atoms with Crippen molar-refractivity contribution < 1.29 is 4.79 Å². The summed E-state index contributed by atoms with van der Waals surface area (Å²) in [5, 5.41) is 7.31. The van der Waals surface area contributed by atoms with Gasteiger partial charge in [-0.25, -0.2) is 0 Å². The van der Waals surface area contributed by atoms with Gasteiger partial charge in [-0.05, 0) is 43.4 Å². The Morgan fingerprint density at radius 3 is 2.50 bits per heavy atom. The second-order valence-electron chi connectivity index (χ2n) is 8.53. The van der Waals surface area contributed by atoms with Crippen molar-refractivity contribution in [3.05, 3.63) is 77.0 Å². The van der Waals surface area contributed by atoms with Crippen LogP contribution in [0.1, 0.15) is 33.6 Å². The zero-order valence-electron chi connectivity index (χ0n) is 17.5. The number of aromatic nitrogens is 2. The molecule has 1 fully saturated rings. The van der Waals surface area contributed by atoms with Gasteiger partial charge in [0.25, 0.3) is 5.91 Å². The highest BCUT2D eigenvalue weighted by Crippen LogP contribution is 2.25. The molecule has 1 N–H and O–H groups in total. The number of fused-ring (bicyclic) bond motifs is 1. The Kier molecular flexibility index (Phi) is 5.13. The van der Waals surface area contributed by atoms with Crippen LogP contribution < -0.4 is 0 Å². The van der Waals surface area contributed by atoms with Gasteiger partial charge in [0.15, 0.2) is 0 Å². The van der Waals surface area contributed by atoms with Gasteiger partial charge in [0.05, 0.1) is 5.69 Å². The second-order valence-corrected chi connectivity index (χ2v) is 8.53. The lowest BCUT2D eigenvalue weighted by molar-refractivity contribution is 0.0548. The molecule has 0 spiro atoms. The molecule has 1 saturated heterocycles. The Balaban J connectivity index is 1.20. The van der Waals surface area contributed by atoms with Crippen LogP contribution in [0.5, 0.6) is 0 Å². The van der Waals surface area contributed by atoms with Crippen LogP contribution in [0.15, 0.2) is 54.6 Å². The predicted molar refractivity (Wildman–Crippen MR) is 118 cm³/mol. The quantitative estimate of drug-likeness (QED) is 0.729. The van der Waals surface area contributed by atoms with E-state index in [2.05, 4.69) is 58.4 Å². The number of nitrogens with one attached hydrogen (secondary N) is 1. The maximum absolute atomic E-state index is 13.0. The normalized spacial score (nSPS) is 19.5. The van der Waals surface area contributed by atoms with Gasteiger partial charge in [-0.1, -0.05) is 54.1 Å². The van der Waals surface area contributed by atoms with Crippen molar-refractivity contribution in [1.82, 2.24) is 20.0 Å². The number of aromatic amines is 1. The summed E-state index contributed by atoms with van der Waals surface area (Å²) in [5.41, 5.74) is 6.63. The van der Waals surface area contributed by atoms with E-state index in [1.165, 1.54) is 23.1 Å². The number of aryl methyl sites for hydroxylation is 2. The molecule has 2 aromatic carbocycles. The predicted octanol–water partition coefficient (Wildman–Crippen LogP) is 3.70. The van der Waals surface area contributed by atoms with Gasteiger partial charge in [0.2, 0.25) is 0 Å². The van der Waals surface area contributed by atoms with Crippen LogP contribution in [0.4, 0.5) is 0 Å². The minimum atomic E-state index is 0.0505. The number of amides is 1. The van der Waals surface area contributed by atoms with E-state index in [0.717, 1.165) is 50.3 Å². The molecule has 3 aromatic rings. The summed E-state index contributed by atoms with van der Waals surface area (Å²) in [7, 11) is 0. The first kappa shape index (κ1) is 19.1. The molecule has 5 heteroatoms. The summed E-state index contributed by atoms with van der Waals surface area (Å²) < 4.78 is 0. The van der Waals surface area contributed by atoms with Crippen molar-refractivity contribution in [3.63, 3.8) is 0 Å². The standard InChI is InChI=1S/C25H28N4O/c1-18-6-8-20(9-7-18)23-17-24(27-26-23)25(30)29-14-12-28(13-15-29)22-11-10-19-4-2-3-5-21(19)16-22/h2-9,17,22H,10-16H2,1H3,(H,26,27). The van der Waals surface area contributed by atoms with Crippen molar-refractivity contribution >= 4 is 5.91 Å². The maximum atomic E-state index is 13.0. The summed E-state index contributed by atoms with van der Waals surface area (Å²) in [6.45, 7) is 5.50. The maximum Gasteiger partial charge on any atom is 0.271 e. The van der Waals surface area contributed by atoms with Crippen molar-refractivity contribution in [2.24, 2.45) is 0 Å². The fourth-order valence-electron chi connectivity index (χ4n) is 4.75. The number of carbonyl (C=O) groups is 1. The minimum absolute atomic E-state index is 0.0505. The number of hydrogen-bond donors (Lipinski definition) is 1. The first-order chi connectivity index (χ1) is 14.7. The largest absolute Gasteiger partial charge is 0.335 e. The molecular formula is C25H28N4O. The summed E-state index contributed by atoms with van der Waals surface area (Å²) in [6, 6.07) is 19.5. The molecule has 1 amide bonds. The molecule has 1 aliphatic heterocycles. The van der Waals surface area contributed by atoms with Crippen molar-refractivity contribution in [2.45, 2.75) is 32.2 Å². The van der Waals surface area contributed by atoms with Crippen LogP contribution in [-0.4, -0.2) is 58.1 Å². The van der Waals surface area contributed by atoms with Crippen LogP contribution in [-0.2, 0) is 12.8 Å². The van der Waals surface area contributed by atoms with Crippen LogP contribution in [0.3, 0.4) is 0 Å². The average molecular weight is 401 g/mol.